The van der Waals surface area contributed by atoms with E-state index >= 15 is 0 Å². The van der Waals surface area contributed by atoms with Gasteiger partial charge in [0.2, 0.25) is 10.0 Å². The Bertz CT molecular complexity index is 1680. The van der Waals surface area contributed by atoms with E-state index in [1.54, 1.807) is 23.0 Å². The van der Waals surface area contributed by atoms with Gasteiger partial charge in [-0.05, 0) is 59.5 Å². The Hall–Kier alpha value is -4.65. The molecule has 7 nitrogen and oxygen atoms in total. The number of sulfonamides is 1. The number of halogens is 1. The molecule has 0 saturated heterocycles. The topological polar surface area (TPSA) is 91.9 Å². The van der Waals surface area contributed by atoms with Crippen LogP contribution in [-0.4, -0.2) is 34.0 Å². The Labute approximate surface area is 239 Å². The summed E-state index contributed by atoms with van der Waals surface area (Å²) in [5.41, 5.74) is 3.65. The van der Waals surface area contributed by atoms with Crippen molar-refractivity contribution < 1.29 is 12.8 Å². The Morgan fingerprint density at radius 1 is 0.854 bits per heavy atom. The van der Waals surface area contributed by atoms with Gasteiger partial charge in [-0.1, -0.05) is 72.8 Å². The number of aromatic nitrogens is 3. The number of benzene rings is 4. The maximum absolute atomic E-state index is 13.9. The van der Waals surface area contributed by atoms with Crippen LogP contribution in [0.5, 0.6) is 0 Å². The van der Waals surface area contributed by atoms with Crippen LogP contribution in [0.3, 0.4) is 0 Å². The first-order chi connectivity index (χ1) is 19.9. The van der Waals surface area contributed by atoms with Crippen LogP contribution in [0.15, 0.2) is 120 Å². The average molecular weight is 566 g/mol. The summed E-state index contributed by atoms with van der Waals surface area (Å²) in [7, 11) is -4.00. The smallest absolute Gasteiger partial charge is 0.243 e. The van der Waals surface area contributed by atoms with E-state index in [9.17, 15) is 12.8 Å². The molecule has 0 aliphatic heterocycles. The fourth-order valence-corrected chi connectivity index (χ4v) is 6.19. The molecule has 41 heavy (non-hydrogen) atoms. The van der Waals surface area contributed by atoms with Crippen LogP contribution >= 0.6 is 0 Å². The predicted molar refractivity (Wildman–Crippen MR) is 154 cm³/mol. The predicted octanol–water partition coefficient (Wildman–Crippen LogP) is 5.75. The van der Waals surface area contributed by atoms with E-state index in [1.807, 2.05) is 72.8 Å². The molecule has 0 bridgehead atoms. The Morgan fingerprint density at radius 3 is 2.05 bits per heavy atom. The molecular formula is C32H28FN5O2S. The van der Waals surface area contributed by atoms with Gasteiger partial charge in [-0.15, -0.1) is 10.2 Å². The molecule has 0 fully saturated rings. The van der Waals surface area contributed by atoms with Gasteiger partial charge >= 0.3 is 0 Å². The van der Waals surface area contributed by atoms with Crippen molar-refractivity contribution in [2.75, 3.05) is 6.54 Å². The van der Waals surface area contributed by atoms with Crippen LogP contribution in [0.2, 0.25) is 0 Å². The molecule has 0 spiro atoms. The third-order valence-corrected chi connectivity index (χ3v) is 8.83. The second-order valence-electron chi connectivity index (χ2n) is 9.64. The van der Waals surface area contributed by atoms with E-state index in [0.29, 0.717) is 24.4 Å². The minimum atomic E-state index is -4.00. The van der Waals surface area contributed by atoms with E-state index in [1.165, 1.54) is 16.4 Å². The highest BCUT2D eigenvalue weighted by Gasteiger charge is 2.28. The first-order valence-electron chi connectivity index (χ1n) is 13.2. The molecule has 206 valence electrons. The largest absolute Gasteiger partial charge is 0.312 e. The second-order valence-corrected chi connectivity index (χ2v) is 11.6. The maximum Gasteiger partial charge on any atom is 0.243 e. The third-order valence-electron chi connectivity index (χ3n) is 6.97. The first-order valence-corrected chi connectivity index (χ1v) is 14.6. The number of rotatable bonds is 11. The van der Waals surface area contributed by atoms with Crippen LogP contribution in [0.4, 0.5) is 4.39 Å². The van der Waals surface area contributed by atoms with Gasteiger partial charge in [0.05, 0.1) is 29.6 Å². The average Bonchev–Trinajstić information content (AvgIpc) is 3.44. The Kier molecular flexibility index (Phi) is 8.63. The van der Waals surface area contributed by atoms with E-state index in [4.69, 9.17) is 5.26 Å². The molecule has 4 aromatic carbocycles. The van der Waals surface area contributed by atoms with Gasteiger partial charge < -0.3 is 4.57 Å². The molecule has 0 unspecified atom stereocenters. The van der Waals surface area contributed by atoms with Crippen LogP contribution in [0.1, 0.15) is 40.4 Å². The van der Waals surface area contributed by atoms with E-state index < -0.39 is 15.8 Å². The second kappa shape index (κ2) is 12.7. The lowest BCUT2D eigenvalue weighted by Crippen LogP contribution is -2.33. The summed E-state index contributed by atoms with van der Waals surface area (Å²) in [6.07, 6.45) is 2.07. The van der Waals surface area contributed by atoms with Gasteiger partial charge in [0.25, 0.3) is 0 Å². The van der Waals surface area contributed by atoms with Crippen LogP contribution < -0.4 is 0 Å². The van der Waals surface area contributed by atoms with Gasteiger partial charge in [0, 0.05) is 12.5 Å². The molecule has 5 aromatic rings. The summed E-state index contributed by atoms with van der Waals surface area (Å²) < 4.78 is 44.7. The van der Waals surface area contributed by atoms with E-state index in [2.05, 4.69) is 16.3 Å². The highest BCUT2D eigenvalue weighted by molar-refractivity contribution is 7.89. The SMILES string of the molecule is N#Cc1ccc(Cn2cnnc2CN(CCC(c2ccccc2)c2ccccc2)S(=O)(=O)c2ccc(F)cc2)cc1. The summed E-state index contributed by atoms with van der Waals surface area (Å²) in [6.45, 7) is 0.583. The monoisotopic (exact) mass is 565 g/mol. The highest BCUT2D eigenvalue weighted by Crippen LogP contribution is 2.30. The molecule has 5 rings (SSSR count). The maximum atomic E-state index is 13.9. The van der Waals surface area contributed by atoms with Crippen molar-refractivity contribution in [3.05, 3.63) is 149 Å². The molecular weight excluding hydrogens is 537 g/mol. The summed E-state index contributed by atoms with van der Waals surface area (Å²) >= 11 is 0. The van der Waals surface area contributed by atoms with Crippen molar-refractivity contribution in [3.8, 4) is 6.07 Å². The molecule has 9 heteroatoms. The van der Waals surface area contributed by atoms with Crippen LogP contribution in [0.25, 0.3) is 0 Å². The standard InChI is InChI=1S/C32H28FN5O2S/c33-29-15-17-30(18-16-29)41(39,40)38(20-19-31(27-7-3-1-4-8-27)28-9-5-2-6-10-28)23-32-36-35-24-37(32)22-26-13-11-25(21-34)12-14-26/h1-18,24,31H,19-20,22-23H2. The highest BCUT2D eigenvalue weighted by atomic mass is 32.2. The summed E-state index contributed by atoms with van der Waals surface area (Å²) in [6, 6.07) is 34.1. The Morgan fingerprint density at radius 2 is 1.46 bits per heavy atom. The number of nitrogens with zero attached hydrogens (tertiary/aromatic N) is 5. The molecule has 0 aliphatic rings. The minimum Gasteiger partial charge on any atom is -0.312 e. The van der Waals surface area contributed by atoms with E-state index in [-0.39, 0.29) is 23.9 Å². The van der Waals surface area contributed by atoms with Gasteiger partial charge in [-0.3, -0.25) is 0 Å². The molecule has 0 saturated carbocycles. The van der Waals surface area contributed by atoms with Crippen LogP contribution in [0, 0.1) is 17.1 Å². The number of nitriles is 1. The lowest BCUT2D eigenvalue weighted by Gasteiger charge is -2.25. The summed E-state index contributed by atoms with van der Waals surface area (Å²) in [5.74, 6) is -0.0817. The summed E-state index contributed by atoms with van der Waals surface area (Å²) in [4.78, 5) is 0.00744. The zero-order valence-corrected chi connectivity index (χ0v) is 23.0. The van der Waals surface area contributed by atoms with Crippen molar-refractivity contribution >= 4 is 10.0 Å². The van der Waals surface area contributed by atoms with Crippen molar-refractivity contribution in [2.45, 2.75) is 30.3 Å². The molecule has 0 radical (unpaired) electrons. The Balaban J connectivity index is 1.46. The third kappa shape index (κ3) is 6.74. The van der Waals surface area contributed by atoms with Gasteiger partial charge in [0.1, 0.15) is 18.0 Å². The molecule has 1 aromatic heterocycles. The molecule has 0 aliphatic carbocycles. The van der Waals surface area contributed by atoms with Crippen molar-refractivity contribution in [2.24, 2.45) is 0 Å². The lowest BCUT2D eigenvalue weighted by atomic mass is 9.88. The molecule has 1 heterocycles. The zero-order valence-electron chi connectivity index (χ0n) is 22.2. The van der Waals surface area contributed by atoms with Crippen molar-refractivity contribution in [1.82, 2.24) is 19.1 Å². The molecule has 0 N–H and O–H groups in total. The zero-order chi connectivity index (χ0) is 28.7. The van der Waals surface area contributed by atoms with Gasteiger partial charge in [0.15, 0.2) is 0 Å². The number of hydrogen-bond donors (Lipinski definition) is 0. The number of hydrogen-bond acceptors (Lipinski definition) is 5. The first kappa shape index (κ1) is 27.9. The van der Waals surface area contributed by atoms with E-state index in [0.717, 1.165) is 28.8 Å². The lowest BCUT2D eigenvalue weighted by molar-refractivity contribution is 0.378. The summed E-state index contributed by atoms with van der Waals surface area (Å²) in [5, 5.41) is 17.4. The van der Waals surface area contributed by atoms with Crippen LogP contribution in [-0.2, 0) is 23.1 Å². The van der Waals surface area contributed by atoms with Gasteiger partial charge in [-0.25, -0.2) is 12.8 Å². The molecule has 0 amide bonds. The van der Waals surface area contributed by atoms with Gasteiger partial charge in [-0.2, -0.15) is 9.57 Å². The quantitative estimate of drug-likeness (QED) is 0.203. The van der Waals surface area contributed by atoms with Crippen molar-refractivity contribution in [3.63, 3.8) is 0 Å². The molecule has 0 atom stereocenters. The normalized spacial score (nSPS) is 11.6. The van der Waals surface area contributed by atoms with Crippen molar-refractivity contribution in [1.29, 1.82) is 5.26 Å². The fourth-order valence-electron chi connectivity index (χ4n) is 4.78. The minimum absolute atomic E-state index is 0.00744. The fraction of sp³-hybridized carbons (Fsp3) is 0.156.